The Kier molecular flexibility index (Phi) is 2.75. The lowest BCUT2D eigenvalue weighted by molar-refractivity contribution is -0.0671. The summed E-state index contributed by atoms with van der Waals surface area (Å²) in [5.41, 5.74) is 7.11. The lowest BCUT2D eigenvalue weighted by atomic mass is 9.47. The average molecular weight is 274 g/mol. The lowest BCUT2D eigenvalue weighted by Gasteiger charge is -2.59. The molecule has 1 atom stereocenters. The molecule has 4 aliphatic carbocycles. The summed E-state index contributed by atoms with van der Waals surface area (Å²) < 4.78 is 2.10. The summed E-state index contributed by atoms with van der Waals surface area (Å²) >= 11 is 0. The van der Waals surface area contributed by atoms with Gasteiger partial charge in [-0.05, 0) is 68.6 Å². The molecule has 4 nitrogen and oxygen atoms in total. The van der Waals surface area contributed by atoms with Crippen molar-refractivity contribution in [1.82, 2.24) is 14.8 Å². The molecule has 0 spiro atoms. The Bertz CT molecular complexity index is 483. The van der Waals surface area contributed by atoms with Crippen LogP contribution < -0.4 is 5.73 Å². The number of hydrogen-bond donors (Lipinski definition) is 1. The highest BCUT2D eigenvalue weighted by Gasteiger charge is 2.53. The molecule has 0 saturated heterocycles. The van der Waals surface area contributed by atoms with Crippen LogP contribution in [0, 0.1) is 30.1 Å². The molecule has 5 rings (SSSR count). The van der Waals surface area contributed by atoms with Crippen molar-refractivity contribution in [1.29, 1.82) is 0 Å². The second-order valence-corrected chi connectivity index (χ2v) is 7.81. The van der Waals surface area contributed by atoms with E-state index in [0.717, 1.165) is 35.8 Å². The molecule has 0 aromatic carbocycles. The first-order valence-corrected chi connectivity index (χ1v) is 8.16. The maximum Gasteiger partial charge on any atom is 0.134 e. The molecule has 4 saturated carbocycles. The van der Waals surface area contributed by atoms with Crippen molar-refractivity contribution in [3.63, 3.8) is 0 Å². The second-order valence-electron chi connectivity index (χ2n) is 7.81. The predicted molar refractivity (Wildman–Crippen MR) is 78.0 cm³/mol. The number of rotatable bonds is 3. The minimum Gasteiger partial charge on any atom is -0.327 e. The van der Waals surface area contributed by atoms with E-state index in [4.69, 9.17) is 5.73 Å². The third-order valence-electron chi connectivity index (χ3n) is 6.46. The maximum atomic E-state index is 6.70. The Morgan fingerprint density at radius 3 is 2.15 bits per heavy atom. The van der Waals surface area contributed by atoms with Crippen LogP contribution >= 0.6 is 0 Å². The van der Waals surface area contributed by atoms with E-state index in [2.05, 4.69) is 21.8 Å². The van der Waals surface area contributed by atoms with Crippen LogP contribution in [0.15, 0.2) is 0 Å². The van der Waals surface area contributed by atoms with Gasteiger partial charge in [-0.3, -0.25) is 0 Å². The average Bonchev–Trinajstić information content (AvgIpc) is 2.69. The molecule has 20 heavy (non-hydrogen) atoms. The molecule has 1 unspecified atom stereocenters. The monoisotopic (exact) mass is 274 g/mol. The third-order valence-corrected chi connectivity index (χ3v) is 6.46. The molecule has 0 aliphatic heterocycles. The zero-order valence-corrected chi connectivity index (χ0v) is 12.7. The van der Waals surface area contributed by atoms with Crippen molar-refractivity contribution in [3.05, 3.63) is 11.6 Å². The summed E-state index contributed by atoms with van der Waals surface area (Å²) in [6.45, 7) is 2.01. The van der Waals surface area contributed by atoms with Crippen LogP contribution in [0.2, 0.25) is 0 Å². The smallest absolute Gasteiger partial charge is 0.134 e. The van der Waals surface area contributed by atoms with Crippen LogP contribution in [0.4, 0.5) is 0 Å². The first-order chi connectivity index (χ1) is 9.56. The van der Waals surface area contributed by atoms with Gasteiger partial charge in [-0.15, -0.1) is 10.2 Å². The molecule has 1 aromatic rings. The van der Waals surface area contributed by atoms with E-state index in [9.17, 15) is 0 Å². The highest BCUT2D eigenvalue weighted by atomic mass is 15.3. The Balaban J connectivity index is 1.56. The van der Waals surface area contributed by atoms with Crippen molar-refractivity contribution in [3.8, 4) is 0 Å². The van der Waals surface area contributed by atoms with Gasteiger partial charge in [0.1, 0.15) is 11.6 Å². The highest BCUT2D eigenvalue weighted by Crippen LogP contribution is 2.61. The number of nitrogens with zero attached hydrogens (tertiary/aromatic N) is 3. The van der Waals surface area contributed by atoms with E-state index in [1.54, 1.807) is 0 Å². The van der Waals surface area contributed by atoms with Gasteiger partial charge >= 0.3 is 0 Å². The summed E-state index contributed by atoms with van der Waals surface area (Å²) in [7, 11) is 2.05. The minimum atomic E-state index is 0.262. The Labute approximate surface area is 121 Å². The van der Waals surface area contributed by atoms with Gasteiger partial charge in [-0.1, -0.05) is 0 Å². The summed E-state index contributed by atoms with van der Waals surface area (Å²) in [4.78, 5) is 0. The van der Waals surface area contributed by atoms with Gasteiger partial charge in [0.25, 0.3) is 0 Å². The van der Waals surface area contributed by atoms with E-state index in [0.29, 0.717) is 5.41 Å². The van der Waals surface area contributed by atoms with Gasteiger partial charge < -0.3 is 10.3 Å². The molecular formula is C16H26N4. The zero-order chi connectivity index (χ0) is 13.9. The summed E-state index contributed by atoms with van der Waals surface area (Å²) in [5, 5.41) is 8.49. The van der Waals surface area contributed by atoms with Crippen molar-refractivity contribution < 1.29 is 0 Å². The molecule has 110 valence electrons. The van der Waals surface area contributed by atoms with Crippen LogP contribution in [0.25, 0.3) is 0 Å². The molecule has 0 amide bonds. The van der Waals surface area contributed by atoms with Gasteiger partial charge in [-0.2, -0.15) is 0 Å². The molecule has 2 N–H and O–H groups in total. The fraction of sp³-hybridized carbons (Fsp3) is 0.875. The fourth-order valence-corrected chi connectivity index (χ4v) is 5.67. The van der Waals surface area contributed by atoms with E-state index in [-0.39, 0.29) is 6.04 Å². The predicted octanol–water partition coefficient (Wildman–Crippen LogP) is 2.21. The molecule has 4 aliphatic rings. The maximum absolute atomic E-state index is 6.70. The van der Waals surface area contributed by atoms with Gasteiger partial charge in [0, 0.05) is 19.5 Å². The minimum absolute atomic E-state index is 0.262. The molecular weight excluding hydrogens is 248 g/mol. The fourth-order valence-electron chi connectivity index (χ4n) is 5.67. The van der Waals surface area contributed by atoms with E-state index in [1.165, 1.54) is 38.5 Å². The van der Waals surface area contributed by atoms with Crippen molar-refractivity contribution >= 4 is 0 Å². The second kappa shape index (κ2) is 4.30. The number of aryl methyl sites for hydroxylation is 1. The van der Waals surface area contributed by atoms with Gasteiger partial charge in [0.05, 0.1) is 0 Å². The van der Waals surface area contributed by atoms with Crippen molar-refractivity contribution in [2.75, 3.05) is 0 Å². The molecule has 1 aromatic heterocycles. The Morgan fingerprint density at radius 1 is 1.15 bits per heavy atom. The van der Waals surface area contributed by atoms with Gasteiger partial charge in [0.15, 0.2) is 0 Å². The van der Waals surface area contributed by atoms with Crippen LogP contribution in [0.3, 0.4) is 0 Å². The normalized spacial score (nSPS) is 40.2. The van der Waals surface area contributed by atoms with E-state index < -0.39 is 0 Å². The molecule has 4 bridgehead atoms. The number of nitrogens with two attached hydrogens (primary N) is 1. The van der Waals surface area contributed by atoms with E-state index in [1.807, 2.05) is 6.92 Å². The summed E-state index contributed by atoms with van der Waals surface area (Å²) in [6.07, 6.45) is 9.45. The lowest BCUT2D eigenvalue weighted by Crippen LogP contribution is -2.55. The quantitative estimate of drug-likeness (QED) is 0.919. The largest absolute Gasteiger partial charge is 0.327 e. The number of hydrogen-bond acceptors (Lipinski definition) is 3. The number of aromatic nitrogens is 3. The van der Waals surface area contributed by atoms with E-state index >= 15 is 0 Å². The van der Waals surface area contributed by atoms with Crippen LogP contribution in [-0.2, 0) is 13.5 Å². The topological polar surface area (TPSA) is 56.7 Å². The van der Waals surface area contributed by atoms with Crippen molar-refractivity contribution in [2.24, 2.45) is 36.0 Å². The molecule has 4 heteroatoms. The third kappa shape index (κ3) is 1.84. The standard InChI is InChI=1S/C16H26N4/c1-10-18-19-15(20(10)2)6-14(17)16-7-11-3-12(8-16)5-13(4-11)9-16/h11-14H,3-9,17H2,1-2H3. The Morgan fingerprint density at radius 2 is 1.70 bits per heavy atom. The molecule has 4 fully saturated rings. The first-order valence-electron chi connectivity index (χ1n) is 8.16. The summed E-state index contributed by atoms with van der Waals surface area (Å²) in [5.74, 6) is 4.94. The summed E-state index contributed by atoms with van der Waals surface area (Å²) in [6, 6.07) is 0.262. The SMILES string of the molecule is Cc1nnc(CC(N)C23CC4CC(CC(C4)C2)C3)n1C. The highest BCUT2D eigenvalue weighted by molar-refractivity contribution is 5.08. The molecule has 1 heterocycles. The zero-order valence-electron chi connectivity index (χ0n) is 12.7. The van der Waals surface area contributed by atoms with Gasteiger partial charge in [-0.25, -0.2) is 0 Å². The van der Waals surface area contributed by atoms with Crippen molar-refractivity contribution in [2.45, 2.75) is 57.9 Å². The van der Waals surface area contributed by atoms with Crippen LogP contribution in [0.1, 0.15) is 50.2 Å². The molecule has 0 radical (unpaired) electrons. The van der Waals surface area contributed by atoms with Gasteiger partial charge in [0.2, 0.25) is 0 Å². The first kappa shape index (κ1) is 12.8. The Hall–Kier alpha value is -0.900. The van der Waals surface area contributed by atoms with Crippen LogP contribution in [0.5, 0.6) is 0 Å². The van der Waals surface area contributed by atoms with Crippen LogP contribution in [-0.4, -0.2) is 20.8 Å².